The van der Waals surface area contributed by atoms with E-state index in [0.29, 0.717) is 29.6 Å². The highest BCUT2D eigenvalue weighted by atomic mass is 35.5. The molecule has 1 unspecified atom stereocenters. The average Bonchev–Trinajstić information content (AvgIpc) is 3.11. The highest BCUT2D eigenvalue weighted by molar-refractivity contribution is 5.85. The lowest BCUT2D eigenvalue weighted by Gasteiger charge is -2.30. The van der Waals surface area contributed by atoms with Gasteiger partial charge in [-0.1, -0.05) is 11.2 Å². The minimum Gasteiger partial charge on any atom is -0.493 e. The summed E-state index contributed by atoms with van der Waals surface area (Å²) in [6.45, 7) is 6.53. The lowest BCUT2D eigenvalue weighted by Crippen LogP contribution is -2.44. The van der Waals surface area contributed by atoms with Crippen LogP contribution in [0.1, 0.15) is 17.4 Å². The fourth-order valence-electron chi connectivity index (χ4n) is 3.06. The summed E-state index contributed by atoms with van der Waals surface area (Å²) in [4.78, 5) is 6.83. The predicted molar refractivity (Wildman–Crippen MR) is 102 cm³/mol. The summed E-state index contributed by atoms with van der Waals surface area (Å²) < 4.78 is 16.4. The molecular formula is C18H25ClN4O3. The van der Waals surface area contributed by atoms with Crippen LogP contribution in [0.15, 0.2) is 29.3 Å². The van der Waals surface area contributed by atoms with Crippen molar-refractivity contribution in [3.8, 4) is 23.0 Å². The number of ether oxygens (including phenoxy) is 2. The molecule has 0 radical (unpaired) electrons. The van der Waals surface area contributed by atoms with Crippen molar-refractivity contribution < 1.29 is 14.0 Å². The molecule has 1 aliphatic rings. The van der Waals surface area contributed by atoms with Gasteiger partial charge in [0.2, 0.25) is 0 Å². The van der Waals surface area contributed by atoms with Gasteiger partial charge in [0.25, 0.3) is 5.89 Å². The zero-order valence-corrected chi connectivity index (χ0v) is 16.1. The van der Waals surface area contributed by atoms with E-state index in [-0.39, 0.29) is 18.4 Å². The standard InChI is InChI=1S/C18H24N4O3.ClH/c1-5-6-12-9-13(10-15(23-3)16(12)24-4)18-20-17(21-25-18)14-11-19-7-8-22(14)2;/h5,9-10,14,19H,1,6-8,11H2,2-4H3;1H. The van der Waals surface area contributed by atoms with E-state index in [9.17, 15) is 0 Å². The van der Waals surface area contributed by atoms with Gasteiger partial charge in [0, 0.05) is 30.8 Å². The van der Waals surface area contributed by atoms with Crippen molar-refractivity contribution in [2.45, 2.75) is 12.5 Å². The Morgan fingerprint density at radius 1 is 1.38 bits per heavy atom. The van der Waals surface area contributed by atoms with E-state index in [4.69, 9.17) is 14.0 Å². The van der Waals surface area contributed by atoms with Gasteiger partial charge in [-0.3, -0.25) is 4.90 Å². The molecule has 0 spiro atoms. The quantitative estimate of drug-likeness (QED) is 0.772. The second kappa shape index (κ2) is 9.02. The number of hydrogen-bond donors (Lipinski definition) is 1. The molecule has 1 N–H and O–H groups in total. The number of benzene rings is 1. The Kier molecular flexibility index (Phi) is 7.02. The molecule has 2 heterocycles. The van der Waals surface area contributed by atoms with Crippen LogP contribution in [-0.4, -0.2) is 55.9 Å². The first-order valence-electron chi connectivity index (χ1n) is 8.28. The normalized spacial score (nSPS) is 17.4. The molecule has 1 fully saturated rings. The smallest absolute Gasteiger partial charge is 0.258 e. The van der Waals surface area contributed by atoms with Crippen LogP contribution >= 0.6 is 12.4 Å². The zero-order chi connectivity index (χ0) is 17.8. The Morgan fingerprint density at radius 2 is 2.19 bits per heavy atom. The Balaban J connectivity index is 0.00000243. The van der Waals surface area contributed by atoms with Gasteiger partial charge in [-0.15, -0.1) is 19.0 Å². The number of nitrogens with one attached hydrogen (secondary N) is 1. The molecule has 0 amide bonds. The van der Waals surface area contributed by atoms with Crippen molar-refractivity contribution in [1.82, 2.24) is 20.4 Å². The van der Waals surface area contributed by atoms with Gasteiger partial charge in [0.15, 0.2) is 17.3 Å². The zero-order valence-electron chi connectivity index (χ0n) is 15.3. The van der Waals surface area contributed by atoms with Crippen molar-refractivity contribution >= 4 is 12.4 Å². The van der Waals surface area contributed by atoms with Crippen LogP contribution in [0.4, 0.5) is 0 Å². The van der Waals surface area contributed by atoms with E-state index in [0.717, 1.165) is 30.8 Å². The fourth-order valence-corrected chi connectivity index (χ4v) is 3.06. The van der Waals surface area contributed by atoms with E-state index in [2.05, 4.69) is 34.0 Å². The molecule has 3 rings (SSSR count). The third-order valence-corrected chi connectivity index (χ3v) is 4.42. The molecule has 1 saturated heterocycles. The summed E-state index contributed by atoms with van der Waals surface area (Å²) >= 11 is 0. The molecule has 7 nitrogen and oxygen atoms in total. The number of nitrogens with zero attached hydrogens (tertiary/aromatic N) is 3. The first-order chi connectivity index (χ1) is 12.2. The van der Waals surface area contributed by atoms with Gasteiger partial charge in [-0.05, 0) is 25.6 Å². The van der Waals surface area contributed by atoms with Crippen LogP contribution in [0.5, 0.6) is 11.5 Å². The maximum Gasteiger partial charge on any atom is 0.258 e. The number of allylic oxidation sites excluding steroid dienone is 1. The molecule has 1 aromatic heterocycles. The van der Waals surface area contributed by atoms with Crippen LogP contribution in [0.25, 0.3) is 11.5 Å². The third-order valence-electron chi connectivity index (χ3n) is 4.42. The molecule has 8 heteroatoms. The minimum atomic E-state index is 0. The highest BCUT2D eigenvalue weighted by Crippen LogP contribution is 2.36. The molecule has 1 aliphatic heterocycles. The van der Waals surface area contributed by atoms with Gasteiger partial charge < -0.3 is 19.3 Å². The Hall–Kier alpha value is -2.09. The van der Waals surface area contributed by atoms with Crippen molar-refractivity contribution in [2.75, 3.05) is 40.9 Å². The SMILES string of the molecule is C=CCc1cc(-c2nc(C3CNCCN3C)no2)cc(OC)c1OC.Cl. The first-order valence-corrected chi connectivity index (χ1v) is 8.28. The number of likely N-dealkylation sites (N-methyl/N-ethyl adjacent to an activating group) is 1. The van der Waals surface area contributed by atoms with Gasteiger partial charge in [0.05, 0.1) is 20.3 Å². The van der Waals surface area contributed by atoms with Gasteiger partial charge in [0.1, 0.15) is 0 Å². The largest absolute Gasteiger partial charge is 0.493 e. The second-order valence-corrected chi connectivity index (χ2v) is 6.02. The molecule has 0 saturated carbocycles. The average molecular weight is 381 g/mol. The maximum absolute atomic E-state index is 5.52. The molecule has 1 aromatic carbocycles. The van der Waals surface area contributed by atoms with E-state index in [1.165, 1.54) is 0 Å². The number of hydrogen-bond acceptors (Lipinski definition) is 7. The Labute approximate surface area is 159 Å². The van der Waals surface area contributed by atoms with Crippen LogP contribution < -0.4 is 14.8 Å². The Bertz CT molecular complexity index is 750. The van der Waals surface area contributed by atoms with E-state index >= 15 is 0 Å². The van der Waals surface area contributed by atoms with E-state index < -0.39 is 0 Å². The van der Waals surface area contributed by atoms with Crippen molar-refractivity contribution in [2.24, 2.45) is 0 Å². The lowest BCUT2D eigenvalue weighted by atomic mass is 10.1. The van der Waals surface area contributed by atoms with Crippen molar-refractivity contribution in [3.05, 3.63) is 36.2 Å². The second-order valence-electron chi connectivity index (χ2n) is 6.02. The van der Waals surface area contributed by atoms with E-state index in [1.54, 1.807) is 14.2 Å². The van der Waals surface area contributed by atoms with Crippen LogP contribution in [0, 0.1) is 0 Å². The van der Waals surface area contributed by atoms with Crippen LogP contribution in [0.3, 0.4) is 0 Å². The summed E-state index contributed by atoms with van der Waals surface area (Å²) in [6, 6.07) is 3.94. The fraction of sp³-hybridized carbons (Fsp3) is 0.444. The number of aromatic nitrogens is 2. The van der Waals surface area contributed by atoms with Crippen LogP contribution in [-0.2, 0) is 6.42 Å². The highest BCUT2D eigenvalue weighted by Gasteiger charge is 2.26. The monoisotopic (exact) mass is 380 g/mol. The molecule has 0 bridgehead atoms. The first kappa shape index (κ1) is 20.2. The predicted octanol–water partition coefficient (Wildman–Crippen LogP) is 2.48. The van der Waals surface area contributed by atoms with Gasteiger partial charge in [-0.25, -0.2) is 0 Å². The molecule has 1 atom stereocenters. The summed E-state index contributed by atoms with van der Waals surface area (Å²) in [6.07, 6.45) is 2.48. The van der Waals surface area contributed by atoms with Gasteiger partial charge in [-0.2, -0.15) is 4.98 Å². The summed E-state index contributed by atoms with van der Waals surface area (Å²) in [7, 11) is 5.31. The molecule has 26 heavy (non-hydrogen) atoms. The number of halogens is 1. The molecule has 2 aromatic rings. The number of rotatable bonds is 6. The Morgan fingerprint density at radius 3 is 2.85 bits per heavy atom. The minimum absolute atomic E-state index is 0. The molecular weight excluding hydrogens is 356 g/mol. The number of piperazine rings is 1. The number of methoxy groups -OCH3 is 2. The van der Waals surface area contributed by atoms with E-state index in [1.807, 2.05) is 18.2 Å². The van der Waals surface area contributed by atoms with Gasteiger partial charge >= 0.3 is 0 Å². The molecule has 0 aliphatic carbocycles. The third kappa shape index (κ3) is 4.00. The van der Waals surface area contributed by atoms with Crippen molar-refractivity contribution in [1.29, 1.82) is 0 Å². The summed E-state index contributed by atoms with van der Waals surface area (Å²) in [5.74, 6) is 2.49. The maximum atomic E-state index is 5.52. The topological polar surface area (TPSA) is 72.7 Å². The molecule has 142 valence electrons. The summed E-state index contributed by atoms with van der Waals surface area (Å²) in [5, 5.41) is 7.54. The van der Waals surface area contributed by atoms with Crippen molar-refractivity contribution in [3.63, 3.8) is 0 Å². The lowest BCUT2D eigenvalue weighted by molar-refractivity contribution is 0.190. The summed E-state index contributed by atoms with van der Waals surface area (Å²) in [5.41, 5.74) is 1.77. The van der Waals surface area contributed by atoms with Crippen LogP contribution in [0.2, 0.25) is 0 Å².